The van der Waals surface area contributed by atoms with Crippen LogP contribution in [0.1, 0.15) is 24.4 Å². The van der Waals surface area contributed by atoms with Gasteiger partial charge in [-0.3, -0.25) is 0 Å². The maximum absolute atomic E-state index is 5.10. The standard InChI is InChI=1S/C12H22N4OS/c1-5-13-12(16-9(2)7-17-4)14-6-11-10(3)15-8-18-11/h8-9H,5-7H2,1-4H3,(H2,13,14,16). The number of nitrogens with zero attached hydrogens (tertiary/aromatic N) is 2. The molecule has 1 atom stereocenters. The smallest absolute Gasteiger partial charge is 0.191 e. The number of hydrogen-bond donors (Lipinski definition) is 2. The topological polar surface area (TPSA) is 58.5 Å². The molecular weight excluding hydrogens is 248 g/mol. The third-order valence-electron chi connectivity index (χ3n) is 2.37. The van der Waals surface area contributed by atoms with Crippen LogP contribution < -0.4 is 10.6 Å². The Morgan fingerprint density at radius 2 is 2.39 bits per heavy atom. The largest absolute Gasteiger partial charge is 0.383 e. The minimum Gasteiger partial charge on any atom is -0.383 e. The van der Waals surface area contributed by atoms with Crippen molar-refractivity contribution < 1.29 is 4.74 Å². The number of methoxy groups -OCH3 is 1. The van der Waals surface area contributed by atoms with Gasteiger partial charge in [-0.1, -0.05) is 0 Å². The number of aryl methyl sites for hydroxylation is 1. The quantitative estimate of drug-likeness (QED) is 0.608. The molecule has 102 valence electrons. The fourth-order valence-electron chi connectivity index (χ4n) is 1.47. The van der Waals surface area contributed by atoms with Crippen LogP contribution in [-0.2, 0) is 11.3 Å². The van der Waals surface area contributed by atoms with Crippen LogP contribution in [0.25, 0.3) is 0 Å². The van der Waals surface area contributed by atoms with E-state index in [1.807, 2.05) is 12.4 Å². The zero-order valence-corrected chi connectivity index (χ0v) is 12.3. The van der Waals surface area contributed by atoms with E-state index in [9.17, 15) is 0 Å². The lowest BCUT2D eigenvalue weighted by molar-refractivity contribution is 0.179. The second-order valence-electron chi connectivity index (χ2n) is 4.06. The molecule has 0 saturated carbocycles. The molecule has 1 aromatic heterocycles. The third-order valence-corrected chi connectivity index (χ3v) is 3.29. The molecule has 0 fully saturated rings. The van der Waals surface area contributed by atoms with E-state index in [-0.39, 0.29) is 6.04 Å². The van der Waals surface area contributed by atoms with E-state index in [2.05, 4.69) is 34.5 Å². The second kappa shape index (κ2) is 8.05. The Morgan fingerprint density at radius 3 is 2.94 bits per heavy atom. The maximum Gasteiger partial charge on any atom is 0.191 e. The first-order valence-corrected chi connectivity index (χ1v) is 6.98. The first kappa shape index (κ1) is 14.9. The summed E-state index contributed by atoms with van der Waals surface area (Å²) in [5.41, 5.74) is 2.92. The Labute approximate surface area is 113 Å². The van der Waals surface area contributed by atoms with Crippen molar-refractivity contribution in [1.29, 1.82) is 0 Å². The Hall–Kier alpha value is -1.14. The summed E-state index contributed by atoms with van der Waals surface area (Å²) >= 11 is 1.64. The lowest BCUT2D eigenvalue weighted by atomic mass is 10.3. The number of aromatic nitrogens is 1. The Morgan fingerprint density at radius 1 is 1.61 bits per heavy atom. The first-order valence-electron chi connectivity index (χ1n) is 6.10. The number of hydrogen-bond acceptors (Lipinski definition) is 4. The van der Waals surface area contributed by atoms with Crippen LogP contribution in [0, 0.1) is 6.92 Å². The number of ether oxygens (including phenoxy) is 1. The third kappa shape index (κ3) is 5.01. The monoisotopic (exact) mass is 270 g/mol. The Balaban J connectivity index is 2.57. The minimum absolute atomic E-state index is 0.232. The van der Waals surface area contributed by atoms with Crippen molar-refractivity contribution in [3.05, 3.63) is 16.1 Å². The number of nitrogens with one attached hydrogen (secondary N) is 2. The molecule has 0 aromatic carbocycles. The average molecular weight is 270 g/mol. The van der Waals surface area contributed by atoms with E-state index in [1.165, 1.54) is 4.88 Å². The van der Waals surface area contributed by atoms with Crippen molar-refractivity contribution in [2.45, 2.75) is 33.4 Å². The summed E-state index contributed by atoms with van der Waals surface area (Å²) in [6, 6.07) is 0.232. The molecule has 18 heavy (non-hydrogen) atoms. The van der Waals surface area contributed by atoms with Gasteiger partial charge in [0.05, 0.1) is 24.4 Å². The van der Waals surface area contributed by atoms with Gasteiger partial charge in [-0.05, 0) is 20.8 Å². The van der Waals surface area contributed by atoms with Crippen molar-refractivity contribution in [2.75, 3.05) is 20.3 Å². The Kier molecular flexibility index (Phi) is 6.67. The van der Waals surface area contributed by atoms with Gasteiger partial charge in [0, 0.05) is 24.6 Å². The van der Waals surface area contributed by atoms with Crippen LogP contribution in [0.2, 0.25) is 0 Å². The van der Waals surface area contributed by atoms with E-state index in [4.69, 9.17) is 4.74 Å². The van der Waals surface area contributed by atoms with Gasteiger partial charge in [0.15, 0.2) is 5.96 Å². The lowest BCUT2D eigenvalue weighted by Crippen LogP contribution is -2.43. The summed E-state index contributed by atoms with van der Waals surface area (Å²) < 4.78 is 5.10. The molecule has 0 aliphatic carbocycles. The summed E-state index contributed by atoms with van der Waals surface area (Å²) in [6.45, 7) is 8.28. The van der Waals surface area contributed by atoms with Gasteiger partial charge >= 0.3 is 0 Å². The van der Waals surface area contributed by atoms with E-state index < -0.39 is 0 Å². The predicted octanol–water partition coefficient (Wildman–Crippen LogP) is 1.54. The molecule has 2 N–H and O–H groups in total. The van der Waals surface area contributed by atoms with Gasteiger partial charge < -0.3 is 15.4 Å². The molecule has 0 amide bonds. The van der Waals surface area contributed by atoms with Crippen LogP contribution in [0.5, 0.6) is 0 Å². The molecular formula is C12H22N4OS. The first-order chi connectivity index (χ1) is 8.67. The molecule has 1 rings (SSSR count). The van der Waals surface area contributed by atoms with Crippen molar-refractivity contribution >= 4 is 17.3 Å². The molecule has 0 spiro atoms. The summed E-state index contributed by atoms with van der Waals surface area (Å²) in [6.07, 6.45) is 0. The van der Waals surface area contributed by atoms with Gasteiger partial charge in [-0.15, -0.1) is 11.3 Å². The molecule has 1 aromatic rings. The molecule has 6 heteroatoms. The molecule has 5 nitrogen and oxygen atoms in total. The Bertz CT molecular complexity index is 378. The maximum atomic E-state index is 5.10. The highest BCUT2D eigenvalue weighted by Gasteiger charge is 2.05. The number of guanidine groups is 1. The van der Waals surface area contributed by atoms with Gasteiger partial charge in [0.25, 0.3) is 0 Å². The highest BCUT2D eigenvalue weighted by Crippen LogP contribution is 2.12. The molecule has 0 bridgehead atoms. The highest BCUT2D eigenvalue weighted by atomic mass is 32.1. The van der Waals surface area contributed by atoms with E-state index in [0.717, 1.165) is 18.2 Å². The van der Waals surface area contributed by atoms with Crippen LogP contribution in [0.15, 0.2) is 10.5 Å². The van der Waals surface area contributed by atoms with E-state index in [0.29, 0.717) is 13.2 Å². The van der Waals surface area contributed by atoms with Crippen molar-refractivity contribution in [3.63, 3.8) is 0 Å². The fraction of sp³-hybridized carbons (Fsp3) is 0.667. The van der Waals surface area contributed by atoms with Crippen molar-refractivity contribution in [1.82, 2.24) is 15.6 Å². The summed E-state index contributed by atoms with van der Waals surface area (Å²) in [5, 5.41) is 6.52. The molecule has 0 saturated heterocycles. The summed E-state index contributed by atoms with van der Waals surface area (Å²) in [5.74, 6) is 0.815. The minimum atomic E-state index is 0.232. The number of aliphatic imine (C=N–C) groups is 1. The summed E-state index contributed by atoms with van der Waals surface area (Å²) in [7, 11) is 1.70. The average Bonchev–Trinajstić information content (AvgIpc) is 2.72. The van der Waals surface area contributed by atoms with E-state index in [1.54, 1.807) is 18.4 Å². The number of rotatable bonds is 6. The number of thiazole rings is 1. The van der Waals surface area contributed by atoms with Crippen molar-refractivity contribution in [3.8, 4) is 0 Å². The molecule has 0 radical (unpaired) electrons. The summed E-state index contributed by atoms with van der Waals surface area (Å²) in [4.78, 5) is 9.97. The van der Waals surface area contributed by atoms with Crippen LogP contribution in [0.3, 0.4) is 0 Å². The second-order valence-corrected chi connectivity index (χ2v) is 5.00. The highest BCUT2D eigenvalue weighted by molar-refractivity contribution is 7.09. The molecule has 0 aliphatic heterocycles. The van der Waals surface area contributed by atoms with E-state index >= 15 is 0 Å². The zero-order valence-electron chi connectivity index (χ0n) is 11.5. The zero-order chi connectivity index (χ0) is 13.4. The molecule has 1 unspecified atom stereocenters. The van der Waals surface area contributed by atoms with Gasteiger partial charge in [-0.25, -0.2) is 9.98 Å². The lowest BCUT2D eigenvalue weighted by Gasteiger charge is -2.16. The van der Waals surface area contributed by atoms with Crippen LogP contribution in [-0.4, -0.2) is 37.2 Å². The van der Waals surface area contributed by atoms with Gasteiger partial charge in [0.1, 0.15) is 0 Å². The molecule has 1 heterocycles. The molecule has 0 aliphatic rings. The SMILES string of the molecule is CCNC(=NCc1scnc1C)NC(C)COC. The van der Waals surface area contributed by atoms with Crippen LogP contribution in [0.4, 0.5) is 0 Å². The normalized spacial score (nSPS) is 13.4. The predicted molar refractivity (Wildman–Crippen MR) is 76.1 cm³/mol. The fourth-order valence-corrected chi connectivity index (χ4v) is 2.17. The van der Waals surface area contributed by atoms with Gasteiger partial charge in [0.2, 0.25) is 0 Å². The van der Waals surface area contributed by atoms with Crippen molar-refractivity contribution in [2.24, 2.45) is 4.99 Å². The van der Waals surface area contributed by atoms with Gasteiger partial charge in [-0.2, -0.15) is 0 Å². The van der Waals surface area contributed by atoms with Crippen LogP contribution >= 0.6 is 11.3 Å².